The lowest BCUT2D eigenvalue weighted by molar-refractivity contribution is 0.828. The van der Waals surface area contributed by atoms with Crippen LogP contribution in [0.4, 0.5) is 0 Å². The molecule has 0 aromatic rings. The fourth-order valence-corrected chi connectivity index (χ4v) is 0.390. The molecule has 0 aliphatic carbocycles. The van der Waals surface area contributed by atoms with E-state index in [-0.39, 0.29) is 0 Å². The van der Waals surface area contributed by atoms with Gasteiger partial charge in [-0.3, -0.25) is 0 Å². The minimum Gasteiger partial charge on any atom is -0.330 e. The van der Waals surface area contributed by atoms with Crippen LogP contribution in [0.5, 0.6) is 0 Å². The minimum atomic E-state index is 0.468. The van der Waals surface area contributed by atoms with Gasteiger partial charge in [-0.05, 0) is 13.0 Å². The summed E-state index contributed by atoms with van der Waals surface area (Å²) >= 11 is 4.10. The van der Waals surface area contributed by atoms with Gasteiger partial charge in [0.1, 0.15) is 0 Å². The molecule has 0 fully saturated rings. The summed E-state index contributed by atoms with van der Waals surface area (Å²) in [4.78, 5) is 0. The maximum absolute atomic E-state index is 5.18. The second-order valence-corrected chi connectivity index (χ2v) is 2.31. The lowest BCUT2D eigenvalue weighted by Gasteiger charge is -1.95. The Bertz CT molecular complexity index is 28.7. The average molecular weight is 105 g/mol. The van der Waals surface area contributed by atoms with Crippen LogP contribution in [0.25, 0.3) is 0 Å². The van der Waals surface area contributed by atoms with Gasteiger partial charge in [-0.1, -0.05) is 6.92 Å². The van der Waals surface area contributed by atoms with Crippen LogP contribution < -0.4 is 5.73 Å². The maximum Gasteiger partial charge on any atom is 0.0000402 e. The van der Waals surface area contributed by atoms with Gasteiger partial charge < -0.3 is 5.73 Å². The highest BCUT2D eigenvalue weighted by Crippen LogP contribution is 1.94. The van der Waals surface area contributed by atoms with Crippen molar-refractivity contribution < 1.29 is 0 Å². The van der Waals surface area contributed by atoms with Gasteiger partial charge in [-0.2, -0.15) is 12.6 Å². The number of thiol groups is 1. The van der Waals surface area contributed by atoms with E-state index in [1.165, 1.54) is 0 Å². The van der Waals surface area contributed by atoms with E-state index in [2.05, 4.69) is 12.6 Å². The molecule has 1 unspecified atom stereocenters. The lowest BCUT2D eigenvalue weighted by Crippen LogP contribution is -2.03. The van der Waals surface area contributed by atoms with Gasteiger partial charge in [0.25, 0.3) is 0 Å². The molecule has 0 spiro atoms. The largest absolute Gasteiger partial charge is 0.330 e. The zero-order valence-corrected chi connectivity index (χ0v) is 4.91. The molecule has 0 aromatic heterocycles. The van der Waals surface area contributed by atoms with Gasteiger partial charge in [0.05, 0.1) is 0 Å². The predicted molar refractivity (Wildman–Crippen MR) is 32.1 cm³/mol. The van der Waals surface area contributed by atoms with Crippen LogP contribution in [0.15, 0.2) is 0 Å². The van der Waals surface area contributed by atoms with Crippen LogP contribution in [0.2, 0.25) is 0 Å². The first-order valence-corrected chi connectivity index (χ1v) is 2.67. The maximum atomic E-state index is 5.18. The summed E-state index contributed by atoms with van der Waals surface area (Å²) in [5.41, 5.74) is 5.18. The molecule has 0 saturated carbocycles. The molecule has 0 aromatic carbocycles. The average Bonchev–Trinajstić information content (AvgIpc) is 1.35. The molecule has 0 aliphatic rings. The van der Waals surface area contributed by atoms with Crippen LogP contribution >= 0.6 is 12.6 Å². The van der Waals surface area contributed by atoms with E-state index in [1.54, 1.807) is 0 Å². The minimum absolute atomic E-state index is 0.468. The fourth-order valence-electron chi connectivity index (χ4n) is 0.241. The molecule has 6 heavy (non-hydrogen) atoms. The molecule has 2 heteroatoms. The first kappa shape index (κ1) is 6.31. The summed E-state index contributed by atoms with van der Waals surface area (Å²) in [7, 11) is 0. The van der Waals surface area contributed by atoms with Crippen molar-refractivity contribution in [2.24, 2.45) is 5.73 Å². The summed E-state index contributed by atoms with van der Waals surface area (Å²) in [6.07, 6.45) is 1.02. The number of hydrogen-bond acceptors (Lipinski definition) is 2. The van der Waals surface area contributed by atoms with Crippen molar-refractivity contribution in [1.29, 1.82) is 0 Å². The van der Waals surface area contributed by atoms with Crippen molar-refractivity contribution in [2.75, 3.05) is 6.54 Å². The van der Waals surface area contributed by atoms with Gasteiger partial charge in [-0.15, -0.1) is 0 Å². The van der Waals surface area contributed by atoms with Crippen molar-refractivity contribution in [3.8, 4) is 0 Å². The fraction of sp³-hybridized carbons (Fsp3) is 1.00. The van der Waals surface area contributed by atoms with Gasteiger partial charge in [0.2, 0.25) is 0 Å². The number of rotatable bonds is 2. The highest BCUT2D eigenvalue weighted by molar-refractivity contribution is 7.80. The van der Waals surface area contributed by atoms with E-state index in [9.17, 15) is 0 Å². The van der Waals surface area contributed by atoms with Crippen molar-refractivity contribution in [3.05, 3.63) is 0 Å². The van der Waals surface area contributed by atoms with E-state index >= 15 is 0 Å². The molecule has 0 rings (SSSR count). The summed E-state index contributed by atoms with van der Waals surface area (Å²) in [5, 5.41) is 0.468. The topological polar surface area (TPSA) is 26.0 Å². The Labute approximate surface area is 44.3 Å². The summed E-state index contributed by atoms with van der Waals surface area (Å²) in [6, 6.07) is 0. The summed E-state index contributed by atoms with van der Waals surface area (Å²) < 4.78 is 0. The van der Waals surface area contributed by atoms with Gasteiger partial charge >= 0.3 is 0 Å². The Kier molecular flexibility index (Phi) is 3.68. The summed E-state index contributed by atoms with van der Waals surface area (Å²) in [6.45, 7) is 2.79. The van der Waals surface area contributed by atoms with Crippen LogP contribution in [-0.4, -0.2) is 11.8 Å². The van der Waals surface area contributed by atoms with Gasteiger partial charge in [-0.25, -0.2) is 0 Å². The first-order valence-electron chi connectivity index (χ1n) is 2.15. The molecule has 0 amide bonds. The zero-order valence-electron chi connectivity index (χ0n) is 4.02. The van der Waals surface area contributed by atoms with E-state index < -0.39 is 0 Å². The SMILES string of the molecule is CC(S)CCN. The lowest BCUT2D eigenvalue weighted by atomic mass is 10.3. The van der Waals surface area contributed by atoms with Crippen molar-refractivity contribution >= 4 is 12.6 Å². The number of hydrogen-bond donors (Lipinski definition) is 2. The first-order chi connectivity index (χ1) is 2.77. The second kappa shape index (κ2) is 3.50. The Morgan fingerprint density at radius 2 is 2.33 bits per heavy atom. The van der Waals surface area contributed by atoms with E-state index in [1.807, 2.05) is 6.92 Å². The monoisotopic (exact) mass is 105 g/mol. The molecule has 0 heterocycles. The molecule has 0 radical (unpaired) electrons. The Morgan fingerprint density at radius 1 is 1.83 bits per heavy atom. The van der Waals surface area contributed by atoms with Crippen LogP contribution in [-0.2, 0) is 0 Å². The van der Waals surface area contributed by atoms with E-state index in [4.69, 9.17) is 5.73 Å². The Hall–Kier alpha value is 0.310. The molecule has 1 nitrogen and oxygen atoms in total. The van der Waals surface area contributed by atoms with Crippen molar-refractivity contribution in [3.63, 3.8) is 0 Å². The molecule has 1 atom stereocenters. The van der Waals surface area contributed by atoms with Gasteiger partial charge in [0, 0.05) is 5.25 Å². The van der Waals surface area contributed by atoms with Crippen molar-refractivity contribution in [1.82, 2.24) is 0 Å². The highest BCUT2D eigenvalue weighted by Gasteiger charge is 1.86. The van der Waals surface area contributed by atoms with Crippen LogP contribution in [0.1, 0.15) is 13.3 Å². The predicted octanol–water partition coefficient (Wildman–Crippen LogP) is 0.653. The molecule has 0 saturated heterocycles. The standard InChI is InChI=1S/C4H11NS/c1-4(6)2-3-5/h4,6H,2-3,5H2,1H3. The third-order valence-electron chi connectivity index (χ3n) is 0.584. The zero-order chi connectivity index (χ0) is 4.99. The van der Waals surface area contributed by atoms with Crippen LogP contribution in [0.3, 0.4) is 0 Å². The highest BCUT2D eigenvalue weighted by atomic mass is 32.1. The van der Waals surface area contributed by atoms with Gasteiger partial charge in [0.15, 0.2) is 0 Å². The van der Waals surface area contributed by atoms with E-state index in [0.29, 0.717) is 5.25 Å². The molecule has 2 N–H and O–H groups in total. The smallest absolute Gasteiger partial charge is 0.0000402 e. The van der Waals surface area contributed by atoms with E-state index in [0.717, 1.165) is 13.0 Å². The third-order valence-corrected chi connectivity index (χ3v) is 0.843. The van der Waals surface area contributed by atoms with Crippen LogP contribution in [0, 0.1) is 0 Å². The normalized spacial score (nSPS) is 14.5. The second-order valence-electron chi connectivity index (χ2n) is 1.43. The molecule has 38 valence electrons. The Balaban J connectivity index is 2.63. The number of nitrogens with two attached hydrogens (primary N) is 1. The third kappa shape index (κ3) is 4.31. The van der Waals surface area contributed by atoms with Crippen molar-refractivity contribution in [2.45, 2.75) is 18.6 Å². The molecular formula is C4H11NS. The molecule has 0 aliphatic heterocycles. The molecule has 0 bridgehead atoms. The quantitative estimate of drug-likeness (QED) is 0.495. The summed E-state index contributed by atoms with van der Waals surface area (Å²) in [5.74, 6) is 0. The Morgan fingerprint density at radius 3 is 2.33 bits per heavy atom. The molecular weight excluding hydrogens is 94.1 g/mol.